The number of nitrogens with zero attached hydrogens (tertiary/aromatic N) is 4. The molecule has 0 saturated carbocycles. The van der Waals surface area contributed by atoms with E-state index in [1.54, 1.807) is 16.1 Å². The van der Waals surface area contributed by atoms with E-state index in [0.29, 0.717) is 12.1 Å². The van der Waals surface area contributed by atoms with Crippen LogP contribution >= 0.6 is 11.3 Å². The number of carbonyl (C=O) groups excluding carboxylic acids is 1. The summed E-state index contributed by atoms with van der Waals surface area (Å²) in [6, 6.07) is 9.53. The van der Waals surface area contributed by atoms with Crippen molar-refractivity contribution in [3.8, 4) is 5.69 Å². The van der Waals surface area contributed by atoms with Gasteiger partial charge in [0, 0.05) is 22.5 Å². The minimum atomic E-state index is -0.404. The van der Waals surface area contributed by atoms with Gasteiger partial charge in [0.15, 0.2) is 0 Å². The Morgan fingerprint density at radius 3 is 3.00 bits per heavy atom. The summed E-state index contributed by atoms with van der Waals surface area (Å²) >= 11 is 1.50. The molecule has 3 N–H and O–H groups in total. The van der Waals surface area contributed by atoms with Crippen LogP contribution in [0.15, 0.2) is 42.0 Å². The third kappa shape index (κ3) is 3.06. The van der Waals surface area contributed by atoms with Crippen molar-refractivity contribution in [2.24, 2.45) is 5.73 Å². The number of nitrogens with one attached hydrogen (secondary N) is 1. The van der Waals surface area contributed by atoms with E-state index in [1.165, 1.54) is 17.7 Å². The second-order valence-corrected chi connectivity index (χ2v) is 5.32. The highest BCUT2D eigenvalue weighted by Crippen LogP contribution is 2.18. The normalized spacial score (nSPS) is 10.5. The summed E-state index contributed by atoms with van der Waals surface area (Å²) in [5.74, 6) is -0.404. The largest absolute Gasteiger partial charge is 0.380 e. The maximum Gasteiger partial charge on any atom is 0.249 e. The lowest BCUT2D eigenvalue weighted by Gasteiger charge is -2.06. The van der Waals surface area contributed by atoms with Gasteiger partial charge in [-0.3, -0.25) is 4.79 Å². The van der Waals surface area contributed by atoms with Gasteiger partial charge >= 0.3 is 0 Å². The van der Waals surface area contributed by atoms with Crippen LogP contribution in [0.3, 0.4) is 0 Å². The summed E-state index contributed by atoms with van der Waals surface area (Å²) < 4.78 is 1.58. The quantitative estimate of drug-likeness (QED) is 0.742. The summed E-state index contributed by atoms with van der Waals surface area (Å²) in [6.07, 6.45) is 1.54. The molecule has 0 spiro atoms. The van der Waals surface area contributed by atoms with E-state index in [2.05, 4.69) is 20.8 Å². The van der Waals surface area contributed by atoms with Crippen molar-refractivity contribution < 1.29 is 4.79 Å². The van der Waals surface area contributed by atoms with Gasteiger partial charge in [0.25, 0.3) is 0 Å². The third-order valence-electron chi connectivity index (χ3n) is 2.86. The van der Waals surface area contributed by atoms with E-state index in [0.717, 1.165) is 16.3 Å². The molecule has 3 aromatic rings. The first kappa shape index (κ1) is 13.3. The third-order valence-corrected chi connectivity index (χ3v) is 3.80. The number of hydrogen-bond donors (Lipinski definition) is 2. The Bertz CT molecular complexity index is 752. The van der Waals surface area contributed by atoms with Crippen LogP contribution in [-0.2, 0) is 6.54 Å². The maximum atomic E-state index is 11.1. The fraction of sp³-hybridized carbons (Fsp3) is 0.0769. The molecule has 21 heavy (non-hydrogen) atoms. The lowest BCUT2D eigenvalue weighted by atomic mass is 10.2. The molecule has 106 valence electrons. The zero-order valence-corrected chi connectivity index (χ0v) is 11.7. The molecule has 0 fully saturated rings. The van der Waals surface area contributed by atoms with Crippen LogP contribution in [-0.4, -0.2) is 26.1 Å². The Labute approximate surface area is 124 Å². The number of rotatable bonds is 5. The summed E-state index contributed by atoms with van der Waals surface area (Å²) in [5.41, 5.74) is 7.59. The highest BCUT2D eigenvalue weighted by Gasteiger charge is 2.05. The van der Waals surface area contributed by atoms with Crippen LogP contribution in [0.2, 0.25) is 0 Å². The number of thiophene rings is 1. The molecule has 0 saturated heterocycles. The number of carbonyl (C=O) groups is 1. The van der Waals surface area contributed by atoms with E-state index < -0.39 is 5.91 Å². The predicted octanol–water partition coefficient (Wildman–Crippen LogP) is 1.43. The zero-order valence-electron chi connectivity index (χ0n) is 10.9. The van der Waals surface area contributed by atoms with Crippen LogP contribution in [0.4, 0.5) is 5.69 Å². The Morgan fingerprint density at radius 1 is 1.38 bits per heavy atom. The second-order valence-electron chi connectivity index (χ2n) is 4.32. The predicted molar refractivity (Wildman–Crippen MR) is 79.3 cm³/mol. The molecular weight excluding hydrogens is 288 g/mol. The van der Waals surface area contributed by atoms with Gasteiger partial charge < -0.3 is 11.1 Å². The fourth-order valence-corrected chi connectivity index (χ4v) is 2.64. The summed E-state index contributed by atoms with van der Waals surface area (Å²) in [6.45, 7) is 0.622. The number of tetrazole rings is 1. The molecule has 3 rings (SSSR count). The lowest BCUT2D eigenvalue weighted by molar-refractivity contribution is 0.100. The molecule has 0 aliphatic carbocycles. The smallest absolute Gasteiger partial charge is 0.249 e. The lowest BCUT2D eigenvalue weighted by Crippen LogP contribution is -2.09. The molecule has 1 aromatic carbocycles. The molecule has 8 heteroatoms. The van der Waals surface area contributed by atoms with E-state index in [4.69, 9.17) is 5.73 Å². The Morgan fingerprint density at radius 2 is 2.29 bits per heavy atom. The minimum Gasteiger partial charge on any atom is -0.380 e. The monoisotopic (exact) mass is 300 g/mol. The van der Waals surface area contributed by atoms with Crippen LogP contribution in [0.1, 0.15) is 15.2 Å². The number of nitrogens with two attached hydrogens (primary N) is 1. The molecule has 0 unspecified atom stereocenters. The van der Waals surface area contributed by atoms with Crippen LogP contribution in [0.25, 0.3) is 5.69 Å². The van der Waals surface area contributed by atoms with Gasteiger partial charge in [-0.25, -0.2) is 4.68 Å². The van der Waals surface area contributed by atoms with E-state index in [-0.39, 0.29) is 0 Å². The van der Waals surface area contributed by atoms with Crippen molar-refractivity contribution in [2.45, 2.75) is 6.54 Å². The van der Waals surface area contributed by atoms with Crippen molar-refractivity contribution in [3.63, 3.8) is 0 Å². The average molecular weight is 300 g/mol. The average Bonchev–Trinajstić information content (AvgIpc) is 3.17. The standard InChI is InChI=1S/C13H12N6OS/c14-13(20)9-4-12(21-7-9)6-15-10-2-1-3-11(5-10)19-8-16-17-18-19/h1-5,7-8,15H,6H2,(H2,14,20). The van der Waals surface area contributed by atoms with Crippen molar-refractivity contribution in [3.05, 3.63) is 52.5 Å². The number of amides is 1. The molecule has 0 aliphatic heterocycles. The first-order chi connectivity index (χ1) is 10.2. The molecule has 0 radical (unpaired) electrons. The van der Waals surface area contributed by atoms with Crippen molar-refractivity contribution in [1.82, 2.24) is 20.2 Å². The summed E-state index contributed by atoms with van der Waals surface area (Å²) in [7, 11) is 0. The molecule has 1 amide bonds. The Kier molecular flexibility index (Phi) is 3.61. The first-order valence-electron chi connectivity index (χ1n) is 6.17. The van der Waals surface area contributed by atoms with E-state index >= 15 is 0 Å². The molecule has 2 aromatic heterocycles. The van der Waals surface area contributed by atoms with Gasteiger partial charge in [-0.05, 0) is 34.7 Å². The van der Waals surface area contributed by atoms with Crippen LogP contribution < -0.4 is 11.1 Å². The minimum absolute atomic E-state index is 0.404. The van der Waals surface area contributed by atoms with Crippen LogP contribution in [0, 0.1) is 0 Å². The Hall–Kier alpha value is -2.74. The molecule has 7 nitrogen and oxygen atoms in total. The molecule has 2 heterocycles. The van der Waals surface area contributed by atoms with Crippen LogP contribution in [0.5, 0.6) is 0 Å². The van der Waals surface area contributed by atoms with Gasteiger partial charge in [-0.2, -0.15) is 0 Å². The first-order valence-corrected chi connectivity index (χ1v) is 7.05. The summed E-state index contributed by atoms with van der Waals surface area (Å²) in [4.78, 5) is 12.1. The van der Waals surface area contributed by atoms with Crippen molar-refractivity contribution >= 4 is 22.9 Å². The van der Waals surface area contributed by atoms with E-state index in [1.807, 2.05) is 24.3 Å². The van der Waals surface area contributed by atoms with Crippen molar-refractivity contribution in [2.75, 3.05) is 5.32 Å². The zero-order chi connectivity index (χ0) is 14.7. The van der Waals surface area contributed by atoms with Gasteiger partial charge in [0.1, 0.15) is 6.33 Å². The molecule has 0 atom stereocenters. The van der Waals surface area contributed by atoms with Gasteiger partial charge in [0.2, 0.25) is 5.91 Å². The van der Waals surface area contributed by atoms with Gasteiger partial charge in [-0.1, -0.05) is 6.07 Å². The second kappa shape index (κ2) is 5.71. The topological polar surface area (TPSA) is 98.7 Å². The molecule has 0 aliphatic rings. The number of primary amides is 1. The Balaban J connectivity index is 1.70. The fourth-order valence-electron chi connectivity index (χ4n) is 1.83. The van der Waals surface area contributed by atoms with Gasteiger partial charge in [0.05, 0.1) is 11.3 Å². The van der Waals surface area contributed by atoms with E-state index in [9.17, 15) is 4.79 Å². The number of aromatic nitrogens is 4. The van der Waals surface area contributed by atoms with Gasteiger partial charge in [-0.15, -0.1) is 16.4 Å². The maximum absolute atomic E-state index is 11.1. The molecular formula is C13H12N6OS. The SMILES string of the molecule is NC(=O)c1csc(CNc2cccc(-n3cnnn3)c2)c1. The van der Waals surface area contributed by atoms with Crippen molar-refractivity contribution in [1.29, 1.82) is 0 Å². The number of benzene rings is 1. The highest BCUT2D eigenvalue weighted by atomic mass is 32.1. The number of anilines is 1. The summed E-state index contributed by atoms with van der Waals surface area (Å²) in [5, 5.41) is 16.1. The highest BCUT2D eigenvalue weighted by molar-refractivity contribution is 7.10. The number of hydrogen-bond acceptors (Lipinski definition) is 6. The molecule has 0 bridgehead atoms.